The number of aliphatic hydroxyl groups is 1. The Morgan fingerprint density at radius 3 is 2.41 bits per heavy atom. The number of nitrogens with zero attached hydrogens (tertiary/aromatic N) is 2. The fraction of sp³-hybridized carbons (Fsp3) is 0.292. The Morgan fingerprint density at radius 1 is 1.12 bits per heavy atom. The molecule has 0 radical (unpaired) electrons. The largest absolute Gasteiger partial charge is 0.376 e. The molecule has 2 aromatic rings. The van der Waals surface area contributed by atoms with Crippen molar-refractivity contribution < 1.29 is 24.2 Å². The summed E-state index contributed by atoms with van der Waals surface area (Å²) in [7, 11) is 0. The first-order valence-electron chi connectivity index (χ1n) is 10.6. The van der Waals surface area contributed by atoms with Crippen molar-refractivity contribution in [1.82, 2.24) is 4.90 Å². The Labute approximate surface area is 201 Å². The molecule has 0 bridgehead atoms. The maximum Gasteiger partial charge on any atom is 0.322 e. The second kappa shape index (κ2) is 9.73. The van der Waals surface area contributed by atoms with Gasteiger partial charge >= 0.3 is 6.03 Å². The van der Waals surface area contributed by atoms with E-state index in [9.17, 15) is 19.5 Å². The van der Waals surface area contributed by atoms with Gasteiger partial charge in [-0.25, -0.2) is 4.79 Å². The number of benzene rings is 2. The molecular weight excluding hydrogens is 460 g/mol. The average molecular weight is 483 g/mol. The topological polar surface area (TPSA) is 111 Å². The number of β-amino-alcohol motifs (C(OH)–C–C–N with tert-alkyl or cyclic N) is 1. The molecule has 9 nitrogen and oxygen atoms in total. The second-order valence-electron chi connectivity index (χ2n) is 8.09. The van der Waals surface area contributed by atoms with Crippen molar-refractivity contribution in [2.75, 3.05) is 41.8 Å². The van der Waals surface area contributed by atoms with E-state index in [-0.39, 0.29) is 25.5 Å². The molecule has 0 spiro atoms. The number of ether oxygens (including phenoxy) is 1. The zero-order valence-corrected chi connectivity index (χ0v) is 18.9. The molecule has 10 heteroatoms. The van der Waals surface area contributed by atoms with E-state index in [2.05, 4.69) is 16.6 Å². The van der Waals surface area contributed by atoms with Crippen LogP contribution in [0.3, 0.4) is 0 Å². The van der Waals surface area contributed by atoms with Crippen LogP contribution in [0, 0.1) is 12.3 Å². The number of anilines is 3. The molecule has 0 aromatic heterocycles. The van der Waals surface area contributed by atoms with E-state index in [1.807, 2.05) is 0 Å². The van der Waals surface area contributed by atoms with E-state index < -0.39 is 23.6 Å². The summed E-state index contributed by atoms with van der Waals surface area (Å²) < 4.78 is 5.14. The minimum absolute atomic E-state index is 0.0339. The van der Waals surface area contributed by atoms with Gasteiger partial charge in [-0.05, 0) is 48.5 Å². The molecule has 3 N–H and O–H groups in total. The highest BCUT2D eigenvalue weighted by molar-refractivity contribution is 6.30. The normalized spacial score (nSPS) is 22.3. The van der Waals surface area contributed by atoms with Gasteiger partial charge in [0.1, 0.15) is 18.2 Å². The minimum atomic E-state index is -1.63. The number of rotatable bonds is 4. The zero-order chi connectivity index (χ0) is 24.3. The second-order valence-corrected chi connectivity index (χ2v) is 8.53. The zero-order valence-electron chi connectivity index (χ0n) is 18.2. The lowest BCUT2D eigenvalue weighted by molar-refractivity contribution is -0.125. The summed E-state index contributed by atoms with van der Waals surface area (Å²) in [5, 5.41) is 16.6. The van der Waals surface area contributed by atoms with Crippen LogP contribution in [-0.2, 0) is 14.3 Å². The Balaban J connectivity index is 1.46. The molecule has 2 heterocycles. The summed E-state index contributed by atoms with van der Waals surface area (Å²) in [5.74, 6) is 1.65. The summed E-state index contributed by atoms with van der Waals surface area (Å²) in [6.07, 6.45) is 5.36. The lowest BCUT2D eigenvalue weighted by atomic mass is 10.0. The van der Waals surface area contributed by atoms with Crippen LogP contribution in [0.25, 0.3) is 0 Å². The molecule has 2 aromatic carbocycles. The lowest BCUT2D eigenvalue weighted by Gasteiger charge is -2.27. The number of nitrogens with one attached hydrogen (secondary N) is 2. The van der Waals surface area contributed by atoms with Gasteiger partial charge in [0, 0.05) is 35.1 Å². The molecule has 2 saturated heterocycles. The van der Waals surface area contributed by atoms with E-state index >= 15 is 0 Å². The van der Waals surface area contributed by atoms with Crippen LogP contribution in [0.5, 0.6) is 0 Å². The van der Waals surface area contributed by atoms with E-state index in [0.717, 1.165) is 0 Å². The third kappa shape index (κ3) is 5.15. The highest BCUT2D eigenvalue weighted by Gasteiger charge is 2.47. The molecule has 0 aliphatic carbocycles. The first kappa shape index (κ1) is 23.6. The van der Waals surface area contributed by atoms with Gasteiger partial charge in [-0.3, -0.25) is 9.59 Å². The van der Waals surface area contributed by atoms with E-state index in [0.29, 0.717) is 35.2 Å². The van der Waals surface area contributed by atoms with Crippen LogP contribution >= 0.6 is 11.6 Å². The smallest absolute Gasteiger partial charge is 0.322 e. The maximum absolute atomic E-state index is 13.1. The molecule has 0 saturated carbocycles. The van der Waals surface area contributed by atoms with Crippen LogP contribution in [0.15, 0.2) is 48.5 Å². The van der Waals surface area contributed by atoms with Gasteiger partial charge in [0.25, 0.3) is 5.91 Å². The molecule has 2 atom stereocenters. The Hall–Kier alpha value is -3.58. The molecule has 176 valence electrons. The quantitative estimate of drug-likeness (QED) is 0.579. The Kier molecular flexibility index (Phi) is 6.75. The van der Waals surface area contributed by atoms with Crippen molar-refractivity contribution in [1.29, 1.82) is 0 Å². The molecule has 4 amide bonds. The third-order valence-corrected chi connectivity index (χ3v) is 5.95. The molecule has 2 fully saturated rings. The van der Waals surface area contributed by atoms with Gasteiger partial charge in [0.05, 0.1) is 13.2 Å². The van der Waals surface area contributed by atoms with E-state index in [4.69, 9.17) is 22.8 Å². The number of amides is 4. The van der Waals surface area contributed by atoms with Gasteiger partial charge in [-0.2, -0.15) is 0 Å². The van der Waals surface area contributed by atoms with Crippen molar-refractivity contribution in [3.05, 3.63) is 53.6 Å². The van der Waals surface area contributed by atoms with Gasteiger partial charge in [0.2, 0.25) is 5.91 Å². The van der Waals surface area contributed by atoms with Crippen LogP contribution in [0.2, 0.25) is 5.02 Å². The number of urea groups is 1. The average Bonchev–Trinajstić information content (AvgIpc) is 3.20. The van der Waals surface area contributed by atoms with Gasteiger partial charge in [-0.1, -0.05) is 17.5 Å². The fourth-order valence-electron chi connectivity index (χ4n) is 3.91. The van der Waals surface area contributed by atoms with Crippen molar-refractivity contribution in [3.8, 4) is 12.3 Å². The lowest BCUT2D eigenvalue weighted by Crippen LogP contribution is -2.45. The number of carbonyl (C=O) groups excluding carboxylic acids is 3. The number of likely N-dealkylation sites (tertiary alicyclic amines) is 1. The monoisotopic (exact) mass is 482 g/mol. The predicted molar refractivity (Wildman–Crippen MR) is 128 cm³/mol. The fourth-order valence-corrected chi connectivity index (χ4v) is 4.03. The van der Waals surface area contributed by atoms with E-state index in [1.54, 1.807) is 53.4 Å². The van der Waals surface area contributed by atoms with Crippen molar-refractivity contribution in [3.63, 3.8) is 0 Å². The summed E-state index contributed by atoms with van der Waals surface area (Å²) in [6.45, 7) is 0.748. The first-order valence-corrected chi connectivity index (χ1v) is 11.0. The molecule has 2 aliphatic heterocycles. The van der Waals surface area contributed by atoms with Crippen molar-refractivity contribution >= 4 is 46.5 Å². The summed E-state index contributed by atoms with van der Waals surface area (Å²) >= 11 is 5.88. The molecular formula is C24H23ClN4O5. The number of halogens is 1. The molecule has 0 unspecified atom stereocenters. The van der Waals surface area contributed by atoms with Crippen LogP contribution in [0.1, 0.15) is 6.42 Å². The number of carbonyl (C=O) groups is 3. The van der Waals surface area contributed by atoms with E-state index in [1.165, 1.54) is 4.90 Å². The molecule has 34 heavy (non-hydrogen) atoms. The predicted octanol–water partition coefficient (Wildman–Crippen LogP) is 2.31. The standard InChI is InChI=1S/C24H23ClN4O5/c1-2-24(33)13-20(29(15-24)23(32)27-18-5-3-16(25)4-6-18)22(31)26-17-7-9-19(10-8-17)28-11-12-34-14-21(28)30/h1,3-10,20,33H,11-15H2,(H,26,31)(H,27,32)/t20-,24-/m1/s1. The highest BCUT2D eigenvalue weighted by Crippen LogP contribution is 2.29. The summed E-state index contributed by atoms with van der Waals surface area (Å²) in [6, 6.07) is 11.7. The van der Waals surface area contributed by atoms with Crippen LogP contribution in [0.4, 0.5) is 21.9 Å². The van der Waals surface area contributed by atoms with Crippen molar-refractivity contribution in [2.45, 2.75) is 18.1 Å². The van der Waals surface area contributed by atoms with Crippen LogP contribution in [-0.4, -0.2) is 65.8 Å². The third-order valence-electron chi connectivity index (χ3n) is 5.70. The number of morpholine rings is 1. The number of hydrogen-bond donors (Lipinski definition) is 3. The Morgan fingerprint density at radius 2 is 1.76 bits per heavy atom. The molecule has 4 rings (SSSR count). The summed E-state index contributed by atoms with van der Waals surface area (Å²) in [4.78, 5) is 40.8. The minimum Gasteiger partial charge on any atom is -0.376 e. The Bertz CT molecular complexity index is 1130. The van der Waals surface area contributed by atoms with Gasteiger partial charge in [0.15, 0.2) is 0 Å². The van der Waals surface area contributed by atoms with Gasteiger partial charge in [-0.15, -0.1) is 6.42 Å². The SMILES string of the molecule is C#C[C@@]1(O)C[C@H](C(=O)Nc2ccc(N3CCOCC3=O)cc2)N(C(=O)Nc2ccc(Cl)cc2)C1. The number of terminal acetylenes is 1. The number of hydrogen-bond acceptors (Lipinski definition) is 5. The maximum atomic E-state index is 13.1. The highest BCUT2D eigenvalue weighted by atomic mass is 35.5. The van der Waals surface area contributed by atoms with Crippen molar-refractivity contribution in [2.24, 2.45) is 0 Å². The molecule has 2 aliphatic rings. The van der Waals surface area contributed by atoms with Crippen LogP contribution < -0.4 is 15.5 Å². The first-order chi connectivity index (χ1) is 16.3. The van der Waals surface area contributed by atoms with Gasteiger partial charge < -0.3 is 30.3 Å². The summed E-state index contributed by atoms with van der Waals surface area (Å²) in [5.41, 5.74) is 0.0272.